The highest BCUT2D eigenvalue weighted by molar-refractivity contribution is 5.92. The van der Waals surface area contributed by atoms with Crippen LogP contribution in [-0.2, 0) is 6.42 Å². The highest BCUT2D eigenvalue weighted by Gasteiger charge is 2.39. The summed E-state index contributed by atoms with van der Waals surface area (Å²) in [6.07, 6.45) is 11.8. The number of hydrogen-bond donors (Lipinski definition) is 1. The fourth-order valence-corrected chi connectivity index (χ4v) is 6.68. The normalized spacial score (nSPS) is 20.3. The van der Waals surface area contributed by atoms with Gasteiger partial charge in [-0.1, -0.05) is 24.3 Å². The Hall–Kier alpha value is -4.50. The Morgan fingerprint density at radius 1 is 0.927 bits per heavy atom. The van der Waals surface area contributed by atoms with Crippen LogP contribution in [0.25, 0.3) is 44.9 Å². The molecule has 1 aliphatic carbocycles. The molecular weight excluding hydrogens is 510 g/mol. The van der Waals surface area contributed by atoms with E-state index in [2.05, 4.69) is 57.8 Å². The highest BCUT2D eigenvalue weighted by atomic mass is 15.5. The number of imidazole rings is 1. The van der Waals surface area contributed by atoms with Crippen LogP contribution in [0.2, 0.25) is 0 Å². The van der Waals surface area contributed by atoms with E-state index in [4.69, 9.17) is 15.1 Å². The van der Waals surface area contributed by atoms with Gasteiger partial charge in [0.05, 0.1) is 29.5 Å². The van der Waals surface area contributed by atoms with Gasteiger partial charge in [0.15, 0.2) is 17.1 Å². The molecule has 2 bridgehead atoms. The van der Waals surface area contributed by atoms with Crippen molar-refractivity contribution in [2.24, 2.45) is 5.92 Å². The minimum absolute atomic E-state index is 0.294. The third kappa shape index (κ3) is 4.19. The van der Waals surface area contributed by atoms with Crippen molar-refractivity contribution in [1.82, 2.24) is 44.9 Å². The predicted molar refractivity (Wildman–Crippen MR) is 158 cm³/mol. The Morgan fingerprint density at radius 2 is 1.78 bits per heavy atom. The Labute approximate surface area is 237 Å². The van der Waals surface area contributed by atoms with E-state index >= 15 is 0 Å². The van der Waals surface area contributed by atoms with Crippen molar-refractivity contribution in [3.8, 4) is 28.2 Å². The van der Waals surface area contributed by atoms with Crippen LogP contribution in [0, 0.1) is 19.8 Å². The van der Waals surface area contributed by atoms with Crippen molar-refractivity contribution in [2.45, 2.75) is 51.5 Å². The van der Waals surface area contributed by atoms with E-state index in [0.29, 0.717) is 17.0 Å². The van der Waals surface area contributed by atoms with Crippen molar-refractivity contribution in [3.05, 3.63) is 84.1 Å². The molecule has 1 saturated carbocycles. The van der Waals surface area contributed by atoms with Crippen molar-refractivity contribution in [2.75, 3.05) is 6.54 Å². The Bertz CT molecular complexity index is 1900. The van der Waals surface area contributed by atoms with Gasteiger partial charge in [0, 0.05) is 28.2 Å². The Balaban J connectivity index is 1.11. The number of pyridine rings is 2. The molecule has 0 spiro atoms. The van der Waals surface area contributed by atoms with Crippen molar-refractivity contribution >= 4 is 16.7 Å². The van der Waals surface area contributed by atoms with Gasteiger partial charge in [-0.05, 0) is 93.8 Å². The third-order valence-corrected chi connectivity index (χ3v) is 8.99. The predicted octanol–water partition coefficient (Wildman–Crippen LogP) is 5.28. The zero-order valence-corrected chi connectivity index (χ0v) is 23.2. The molecular formula is C32H31N9. The van der Waals surface area contributed by atoms with E-state index in [1.807, 2.05) is 35.8 Å². The van der Waals surface area contributed by atoms with Crippen LogP contribution in [-0.4, -0.2) is 51.6 Å². The zero-order valence-electron chi connectivity index (χ0n) is 23.2. The maximum Gasteiger partial charge on any atom is 0.176 e. The molecule has 2 saturated heterocycles. The largest absolute Gasteiger partial charge is 0.311 e. The first kappa shape index (κ1) is 24.3. The number of piperidine rings is 2. The number of rotatable bonds is 5. The summed E-state index contributed by atoms with van der Waals surface area (Å²) >= 11 is 0. The molecule has 41 heavy (non-hydrogen) atoms. The number of nitrogens with zero attached hydrogens (tertiary/aromatic N) is 8. The summed E-state index contributed by atoms with van der Waals surface area (Å²) in [5.41, 5.74) is 9.04. The van der Waals surface area contributed by atoms with Crippen LogP contribution < -0.4 is 5.32 Å². The summed E-state index contributed by atoms with van der Waals surface area (Å²) in [4.78, 5) is 15.5. The van der Waals surface area contributed by atoms with Gasteiger partial charge >= 0.3 is 0 Å². The lowest BCUT2D eigenvalue weighted by atomic mass is 9.69. The average molecular weight is 542 g/mol. The second-order valence-corrected chi connectivity index (χ2v) is 11.7. The van der Waals surface area contributed by atoms with E-state index in [9.17, 15) is 0 Å². The quantitative estimate of drug-likeness (QED) is 0.317. The van der Waals surface area contributed by atoms with E-state index in [1.54, 1.807) is 12.4 Å². The molecule has 0 atom stereocenters. The second-order valence-electron chi connectivity index (χ2n) is 11.7. The van der Waals surface area contributed by atoms with Crippen molar-refractivity contribution in [1.29, 1.82) is 0 Å². The molecule has 0 radical (unpaired) electrons. The van der Waals surface area contributed by atoms with Gasteiger partial charge < -0.3 is 5.32 Å². The Kier molecular flexibility index (Phi) is 5.50. The highest BCUT2D eigenvalue weighted by Crippen LogP contribution is 2.39. The summed E-state index contributed by atoms with van der Waals surface area (Å²) in [6.45, 7) is 5.15. The molecule has 2 aliphatic heterocycles. The fraction of sp³-hybridized carbons (Fsp3) is 0.312. The molecule has 3 fully saturated rings. The smallest absolute Gasteiger partial charge is 0.176 e. The summed E-state index contributed by atoms with van der Waals surface area (Å²) in [5, 5.41) is 18.4. The molecule has 9 nitrogen and oxygen atoms in total. The van der Waals surface area contributed by atoms with Crippen LogP contribution in [0.3, 0.4) is 0 Å². The number of benzene rings is 1. The first-order valence-corrected chi connectivity index (χ1v) is 14.4. The summed E-state index contributed by atoms with van der Waals surface area (Å²) < 4.78 is 1.92. The van der Waals surface area contributed by atoms with Crippen LogP contribution >= 0.6 is 0 Å². The number of aryl methyl sites for hydroxylation is 2. The standard InChI is InChI=1S/C32H31N9/c1-20-17-36-41(38-20)29-8-7-26-25(11-14-33-31(26)37-29)28-19-34-30-15-27(21(2)39-40(28)30)24-5-3-22(4-6-24)16-32-12-9-23(10-13-32)18-35-32/h3-8,11,14-15,17,19,23,35H,9-10,12-13,16,18H2,1-2H3. The van der Waals surface area contributed by atoms with E-state index in [-0.39, 0.29) is 0 Å². The van der Waals surface area contributed by atoms with Gasteiger partial charge in [-0.25, -0.2) is 19.5 Å². The molecule has 0 amide bonds. The van der Waals surface area contributed by atoms with Gasteiger partial charge in [-0.15, -0.1) is 4.80 Å². The number of hydrogen-bond acceptors (Lipinski definition) is 7. The minimum atomic E-state index is 0.294. The topological polar surface area (TPSA) is 98.7 Å². The summed E-state index contributed by atoms with van der Waals surface area (Å²) in [6, 6.07) is 17.1. The first-order valence-electron chi connectivity index (χ1n) is 14.4. The second kappa shape index (κ2) is 9.27. The third-order valence-electron chi connectivity index (χ3n) is 8.99. The molecule has 9 heteroatoms. The van der Waals surface area contributed by atoms with E-state index in [0.717, 1.165) is 57.1 Å². The first-order chi connectivity index (χ1) is 20.0. The lowest BCUT2D eigenvalue weighted by Crippen LogP contribution is -2.56. The molecule has 0 unspecified atom stereocenters. The fourth-order valence-electron chi connectivity index (χ4n) is 6.68. The summed E-state index contributed by atoms with van der Waals surface area (Å²) in [5.74, 6) is 1.52. The number of fused-ring (bicyclic) bond motifs is 5. The lowest BCUT2D eigenvalue weighted by molar-refractivity contribution is 0.118. The van der Waals surface area contributed by atoms with Gasteiger partial charge in [0.25, 0.3) is 0 Å². The van der Waals surface area contributed by atoms with Gasteiger partial charge in [0.1, 0.15) is 0 Å². The van der Waals surface area contributed by atoms with Gasteiger partial charge in [-0.3, -0.25) is 0 Å². The molecule has 7 heterocycles. The Morgan fingerprint density at radius 3 is 2.54 bits per heavy atom. The van der Waals surface area contributed by atoms with Gasteiger partial charge in [-0.2, -0.15) is 15.3 Å². The average Bonchev–Trinajstić information content (AvgIpc) is 3.63. The summed E-state index contributed by atoms with van der Waals surface area (Å²) in [7, 11) is 0. The van der Waals surface area contributed by atoms with Crippen molar-refractivity contribution in [3.63, 3.8) is 0 Å². The molecule has 3 aliphatic rings. The monoisotopic (exact) mass is 541 g/mol. The molecule has 204 valence electrons. The molecule has 6 aromatic rings. The molecule has 9 rings (SSSR count). The molecule has 1 aromatic carbocycles. The number of aromatic nitrogens is 8. The maximum absolute atomic E-state index is 4.99. The van der Waals surface area contributed by atoms with E-state index < -0.39 is 0 Å². The van der Waals surface area contributed by atoms with Gasteiger partial charge in [0.2, 0.25) is 0 Å². The van der Waals surface area contributed by atoms with Crippen LogP contribution in [0.15, 0.2) is 67.1 Å². The molecule has 5 aromatic heterocycles. The van der Waals surface area contributed by atoms with Crippen LogP contribution in [0.1, 0.15) is 42.6 Å². The van der Waals surface area contributed by atoms with Crippen LogP contribution in [0.4, 0.5) is 0 Å². The zero-order chi connectivity index (χ0) is 27.6. The minimum Gasteiger partial charge on any atom is -0.311 e. The van der Waals surface area contributed by atoms with E-state index in [1.165, 1.54) is 42.6 Å². The maximum atomic E-state index is 4.99. The van der Waals surface area contributed by atoms with Crippen LogP contribution in [0.5, 0.6) is 0 Å². The SMILES string of the molecule is Cc1cnn(-c2ccc3c(-c4cnc5cc(-c6ccc(CC78CCC(CC7)CN8)cc6)c(C)nn45)ccnc3n2)n1. The lowest BCUT2D eigenvalue weighted by Gasteiger charge is -2.47. The molecule has 1 N–H and O–H groups in total. The number of nitrogens with one attached hydrogen (secondary N) is 1. The van der Waals surface area contributed by atoms with Crippen molar-refractivity contribution < 1.29 is 0 Å².